The third-order valence-electron chi connectivity index (χ3n) is 3.56. The lowest BCUT2D eigenvalue weighted by Gasteiger charge is -2.33. The predicted octanol–water partition coefficient (Wildman–Crippen LogP) is 1.82. The molecule has 0 aromatic carbocycles. The van der Waals surface area contributed by atoms with Gasteiger partial charge in [0, 0.05) is 25.2 Å². The maximum Gasteiger partial charge on any atom is 0.213 e. The van der Waals surface area contributed by atoms with Crippen LogP contribution in [0.4, 0.5) is 0 Å². The molecule has 1 saturated heterocycles. The Balaban J connectivity index is 2.36. The van der Waals surface area contributed by atoms with Crippen molar-refractivity contribution in [1.29, 1.82) is 0 Å². The molecule has 1 aliphatic heterocycles. The summed E-state index contributed by atoms with van der Waals surface area (Å²) in [5.41, 5.74) is 0. The average Bonchev–Trinajstić information content (AvgIpc) is 2.28. The van der Waals surface area contributed by atoms with Crippen LogP contribution in [-0.4, -0.2) is 43.6 Å². The molecule has 5 heteroatoms. The molecule has 1 unspecified atom stereocenters. The van der Waals surface area contributed by atoms with E-state index in [1.54, 1.807) is 11.2 Å². The van der Waals surface area contributed by atoms with Gasteiger partial charge in [-0.15, -0.1) is 0 Å². The monoisotopic (exact) mass is 276 g/mol. The first-order valence-corrected chi connectivity index (χ1v) is 8.70. The Morgan fingerprint density at radius 2 is 1.78 bits per heavy atom. The van der Waals surface area contributed by atoms with Gasteiger partial charge >= 0.3 is 0 Å². The standard InChI is InChI=1S/C13H28N2O2S/c1-5-18(16,17)15-8-6-13(7-9-15)14-12(4)10-11(2)3/h11-14H,5-10H2,1-4H3. The van der Waals surface area contributed by atoms with Crippen LogP contribution in [0.1, 0.15) is 47.0 Å². The summed E-state index contributed by atoms with van der Waals surface area (Å²) in [5, 5.41) is 3.62. The van der Waals surface area contributed by atoms with E-state index in [1.807, 2.05) is 0 Å². The third kappa shape index (κ3) is 4.86. The van der Waals surface area contributed by atoms with E-state index in [2.05, 4.69) is 26.1 Å². The highest BCUT2D eigenvalue weighted by atomic mass is 32.2. The molecule has 108 valence electrons. The van der Waals surface area contributed by atoms with Gasteiger partial charge in [-0.1, -0.05) is 13.8 Å². The van der Waals surface area contributed by atoms with Crippen LogP contribution in [0.2, 0.25) is 0 Å². The maximum atomic E-state index is 11.7. The fourth-order valence-corrected chi connectivity index (χ4v) is 3.79. The molecular formula is C13H28N2O2S. The van der Waals surface area contributed by atoms with Gasteiger partial charge < -0.3 is 5.32 Å². The lowest BCUT2D eigenvalue weighted by molar-refractivity contribution is 0.268. The molecule has 0 spiro atoms. The quantitative estimate of drug-likeness (QED) is 0.805. The van der Waals surface area contributed by atoms with Crippen LogP contribution in [0.15, 0.2) is 0 Å². The molecule has 0 aromatic rings. The Hall–Kier alpha value is -0.130. The van der Waals surface area contributed by atoms with Gasteiger partial charge in [0.2, 0.25) is 10.0 Å². The summed E-state index contributed by atoms with van der Waals surface area (Å²) >= 11 is 0. The topological polar surface area (TPSA) is 49.4 Å². The smallest absolute Gasteiger partial charge is 0.213 e. The molecule has 18 heavy (non-hydrogen) atoms. The first-order chi connectivity index (χ1) is 8.35. The van der Waals surface area contributed by atoms with Gasteiger partial charge in [0.05, 0.1) is 5.75 Å². The molecule has 1 aliphatic rings. The van der Waals surface area contributed by atoms with Crippen LogP contribution >= 0.6 is 0 Å². The zero-order valence-corrected chi connectivity index (χ0v) is 13.0. The molecule has 0 bridgehead atoms. The minimum atomic E-state index is -2.99. The first kappa shape index (κ1) is 15.9. The van der Waals surface area contributed by atoms with Crippen LogP contribution in [0, 0.1) is 5.92 Å². The summed E-state index contributed by atoms with van der Waals surface area (Å²) in [6, 6.07) is 0.992. The molecule has 0 amide bonds. The van der Waals surface area contributed by atoms with Gasteiger partial charge in [-0.25, -0.2) is 12.7 Å². The van der Waals surface area contributed by atoms with E-state index in [0.717, 1.165) is 12.8 Å². The second kappa shape index (κ2) is 6.87. The Kier molecular flexibility index (Phi) is 6.08. The van der Waals surface area contributed by atoms with Gasteiger partial charge in [-0.2, -0.15) is 0 Å². The van der Waals surface area contributed by atoms with Crippen molar-refractivity contribution in [3.05, 3.63) is 0 Å². The minimum Gasteiger partial charge on any atom is -0.311 e. The average molecular weight is 276 g/mol. The summed E-state index contributed by atoms with van der Waals surface area (Å²) in [6.45, 7) is 9.73. The molecule has 1 rings (SSSR count). The molecule has 0 aromatic heterocycles. The zero-order valence-electron chi connectivity index (χ0n) is 12.1. The molecule has 1 fully saturated rings. The molecule has 4 nitrogen and oxygen atoms in total. The van der Waals surface area contributed by atoms with Gasteiger partial charge in [-0.05, 0) is 39.0 Å². The van der Waals surface area contributed by atoms with E-state index in [0.29, 0.717) is 31.1 Å². The number of piperidine rings is 1. The van der Waals surface area contributed by atoms with Gasteiger partial charge in [0.1, 0.15) is 0 Å². The lowest BCUT2D eigenvalue weighted by Crippen LogP contribution is -2.47. The number of nitrogens with zero attached hydrogens (tertiary/aromatic N) is 1. The first-order valence-electron chi connectivity index (χ1n) is 7.09. The Morgan fingerprint density at radius 1 is 1.22 bits per heavy atom. The molecule has 1 atom stereocenters. The zero-order chi connectivity index (χ0) is 13.8. The van der Waals surface area contributed by atoms with E-state index in [1.165, 1.54) is 6.42 Å². The Labute approximate surface area is 112 Å². The Morgan fingerprint density at radius 3 is 2.22 bits per heavy atom. The molecular weight excluding hydrogens is 248 g/mol. The van der Waals surface area contributed by atoms with Crippen LogP contribution in [-0.2, 0) is 10.0 Å². The summed E-state index contributed by atoms with van der Waals surface area (Å²) < 4.78 is 25.1. The molecule has 0 radical (unpaired) electrons. The van der Waals surface area contributed by atoms with Gasteiger partial charge in [-0.3, -0.25) is 0 Å². The third-order valence-corrected chi connectivity index (χ3v) is 5.44. The van der Waals surface area contributed by atoms with Crippen molar-refractivity contribution >= 4 is 10.0 Å². The summed E-state index contributed by atoms with van der Waals surface area (Å²) in [5.74, 6) is 0.919. The van der Waals surface area contributed by atoms with Crippen LogP contribution < -0.4 is 5.32 Å². The van der Waals surface area contributed by atoms with E-state index in [4.69, 9.17) is 0 Å². The van der Waals surface area contributed by atoms with E-state index < -0.39 is 10.0 Å². The highest BCUT2D eigenvalue weighted by molar-refractivity contribution is 7.89. The van der Waals surface area contributed by atoms with E-state index in [9.17, 15) is 8.42 Å². The number of sulfonamides is 1. The molecule has 0 saturated carbocycles. The highest BCUT2D eigenvalue weighted by Gasteiger charge is 2.27. The molecule has 1 heterocycles. The molecule has 1 N–H and O–H groups in total. The predicted molar refractivity (Wildman–Crippen MR) is 76.1 cm³/mol. The lowest BCUT2D eigenvalue weighted by atomic mass is 10.0. The van der Waals surface area contributed by atoms with Crippen molar-refractivity contribution in [3.63, 3.8) is 0 Å². The summed E-state index contributed by atoms with van der Waals surface area (Å²) in [6.07, 6.45) is 3.04. The van der Waals surface area contributed by atoms with Crippen molar-refractivity contribution in [2.45, 2.75) is 59.0 Å². The van der Waals surface area contributed by atoms with Gasteiger partial charge in [0.15, 0.2) is 0 Å². The maximum absolute atomic E-state index is 11.7. The number of rotatable bonds is 6. The highest BCUT2D eigenvalue weighted by Crippen LogP contribution is 2.16. The van der Waals surface area contributed by atoms with Crippen LogP contribution in [0.25, 0.3) is 0 Å². The van der Waals surface area contributed by atoms with Crippen LogP contribution in [0.3, 0.4) is 0 Å². The van der Waals surface area contributed by atoms with Crippen molar-refractivity contribution in [2.24, 2.45) is 5.92 Å². The second-order valence-corrected chi connectivity index (χ2v) is 8.03. The molecule has 0 aliphatic carbocycles. The SMILES string of the molecule is CCS(=O)(=O)N1CCC(NC(C)CC(C)C)CC1. The minimum absolute atomic E-state index is 0.217. The van der Waals surface area contributed by atoms with Crippen LogP contribution in [0.5, 0.6) is 0 Å². The summed E-state index contributed by atoms with van der Waals surface area (Å²) in [4.78, 5) is 0. The van der Waals surface area contributed by atoms with Crippen molar-refractivity contribution in [2.75, 3.05) is 18.8 Å². The fourth-order valence-electron chi connectivity index (χ4n) is 2.66. The van der Waals surface area contributed by atoms with Gasteiger partial charge in [0.25, 0.3) is 0 Å². The fraction of sp³-hybridized carbons (Fsp3) is 1.00. The largest absolute Gasteiger partial charge is 0.311 e. The van der Waals surface area contributed by atoms with Crippen molar-refractivity contribution in [3.8, 4) is 0 Å². The van der Waals surface area contributed by atoms with Crippen molar-refractivity contribution < 1.29 is 8.42 Å². The Bertz CT molecular complexity index is 333. The number of hydrogen-bond acceptors (Lipinski definition) is 3. The summed E-state index contributed by atoms with van der Waals surface area (Å²) in [7, 11) is -2.99. The normalized spacial score (nSPS) is 21.4. The number of nitrogens with one attached hydrogen (secondary N) is 1. The number of hydrogen-bond donors (Lipinski definition) is 1. The van der Waals surface area contributed by atoms with E-state index in [-0.39, 0.29) is 5.75 Å². The van der Waals surface area contributed by atoms with Crippen molar-refractivity contribution in [1.82, 2.24) is 9.62 Å². The second-order valence-electron chi connectivity index (χ2n) is 5.77. The van der Waals surface area contributed by atoms with E-state index >= 15 is 0 Å².